The van der Waals surface area contributed by atoms with E-state index in [4.69, 9.17) is 9.47 Å². The van der Waals surface area contributed by atoms with Gasteiger partial charge in [-0.2, -0.15) is 0 Å². The van der Waals surface area contributed by atoms with Gasteiger partial charge in [0.15, 0.2) is 5.75 Å². The normalized spacial score (nSPS) is 11.6. The van der Waals surface area contributed by atoms with Gasteiger partial charge in [0.05, 0.1) is 36.5 Å². The molecule has 0 aliphatic rings. The number of methoxy groups -OCH3 is 1. The third-order valence-electron chi connectivity index (χ3n) is 6.81. The number of hydrogen-bond donors (Lipinski definition) is 2. The van der Waals surface area contributed by atoms with Crippen LogP contribution in [0.1, 0.15) is 21.5 Å². The number of fused-ring (bicyclic) bond motifs is 2. The van der Waals surface area contributed by atoms with Gasteiger partial charge in [0.25, 0.3) is 0 Å². The van der Waals surface area contributed by atoms with Crippen molar-refractivity contribution in [3.63, 3.8) is 0 Å². The molecule has 0 saturated heterocycles. The number of carboxylic acids is 1. The Bertz CT molecular complexity index is 1900. The minimum absolute atomic E-state index is 0.0950. The van der Waals surface area contributed by atoms with Gasteiger partial charge in [0.2, 0.25) is 15.9 Å². The average Bonchev–Trinajstić information content (AvgIpc) is 3.26. The molecule has 2 aromatic heterocycles. The third kappa shape index (κ3) is 5.21. The highest BCUT2D eigenvalue weighted by Crippen LogP contribution is 2.47. The van der Waals surface area contributed by atoms with Gasteiger partial charge < -0.3 is 24.3 Å². The molecule has 5 aromatic rings. The minimum atomic E-state index is -3.76. The summed E-state index contributed by atoms with van der Waals surface area (Å²) in [7, 11) is -0.799. The van der Waals surface area contributed by atoms with E-state index in [0.29, 0.717) is 22.0 Å². The Morgan fingerprint density at radius 2 is 1.85 bits per heavy atom. The van der Waals surface area contributed by atoms with Crippen molar-refractivity contribution in [3.05, 3.63) is 89.5 Å². The van der Waals surface area contributed by atoms with Crippen molar-refractivity contribution in [3.8, 4) is 17.4 Å². The van der Waals surface area contributed by atoms with E-state index in [2.05, 4.69) is 4.98 Å². The first-order valence-corrected chi connectivity index (χ1v) is 14.2. The number of hydrogen-bond acceptors (Lipinski definition) is 7. The van der Waals surface area contributed by atoms with E-state index in [0.717, 1.165) is 28.3 Å². The predicted octanol–water partition coefficient (Wildman–Crippen LogP) is 4.76. The van der Waals surface area contributed by atoms with E-state index >= 15 is 0 Å². The van der Waals surface area contributed by atoms with Crippen molar-refractivity contribution in [2.24, 2.45) is 0 Å². The Morgan fingerprint density at radius 3 is 2.51 bits per heavy atom. The maximum atomic E-state index is 13.8. The number of carboxylic acid groups (broad SMARTS) is 1. The predicted molar refractivity (Wildman–Crippen MR) is 152 cm³/mol. The first-order valence-electron chi connectivity index (χ1n) is 12.3. The smallest absolute Gasteiger partial charge is 0.336 e. The van der Waals surface area contributed by atoms with Crippen LogP contribution >= 0.6 is 0 Å². The summed E-state index contributed by atoms with van der Waals surface area (Å²) in [5, 5.41) is 22.1. The Kier molecular flexibility index (Phi) is 7.18. The molecule has 0 bridgehead atoms. The number of aromatic hydroxyl groups is 1. The standard InChI is InChI=1S/C29H26FN3O7S/c1-32(41(3,37)38)26-21-5-4-12-31-25(21)27(40-16-17-6-10-20(39-2)11-7-17)24-23(26)15-33(28(24)34)14-18-8-9-19(30)13-22(18)29(35)36/h4-13,15,34H,14,16H2,1-3H3,(H,35,36). The lowest BCUT2D eigenvalue weighted by Gasteiger charge is -2.21. The monoisotopic (exact) mass is 579 g/mol. The summed E-state index contributed by atoms with van der Waals surface area (Å²) in [6.07, 6.45) is 4.11. The quantitative estimate of drug-likeness (QED) is 0.256. The number of sulfonamides is 1. The molecular formula is C29H26FN3O7S. The van der Waals surface area contributed by atoms with Crippen LogP contribution < -0.4 is 13.8 Å². The maximum absolute atomic E-state index is 13.8. The fraction of sp³-hybridized carbons (Fsp3) is 0.172. The molecule has 12 heteroatoms. The van der Waals surface area contributed by atoms with Crippen LogP contribution in [-0.4, -0.2) is 54.6 Å². The van der Waals surface area contributed by atoms with Crippen molar-refractivity contribution in [1.29, 1.82) is 0 Å². The first-order chi connectivity index (χ1) is 19.5. The molecule has 0 unspecified atom stereocenters. The molecule has 41 heavy (non-hydrogen) atoms. The first kappa shape index (κ1) is 27.7. The number of aromatic nitrogens is 2. The van der Waals surface area contributed by atoms with Gasteiger partial charge in [-0.3, -0.25) is 9.29 Å². The zero-order valence-electron chi connectivity index (χ0n) is 22.3. The maximum Gasteiger partial charge on any atom is 0.336 e. The van der Waals surface area contributed by atoms with E-state index in [1.807, 2.05) is 12.1 Å². The molecule has 5 rings (SSSR count). The molecule has 0 spiro atoms. The fourth-order valence-corrected chi connectivity index (χ4v) is 5.23. The van der Waals surface area contributed by atoms with Crippen molar-refractivity contribution in [2.45, 2.75) is 13.2 Å². The summed E-state index contributed by atoms with van der Waals surface area (Å²) in [5.41, 5.74) is 1.35. The molecule has 0 radical (unpaired) electrons. The molecular weight excluding hydrogens is 553 g/mol. The van der Waals surface area contributed by atoms with Crippen LogP contribution in [0, 0.1) is 5.82 Å². The number of benzene rings is 3. The summed E-state index contributed by atoms with van der Waals surface area (Å²) < 4.78 is 53.1. The largest absolute Gasteiger partial charge is 0.497 e. The number of halogens is 1. The number of carbonyl (C=O) groups is 1. The van der Waals surface area contributed by atoms with Crippen LogP contribution in [0.5, 0.6) is 17.4 Å². The molecule has 0 aliphatic heterocycles. The Labute approximate surface area is 234 Å². The highest BCUT2D eigenvalue weighted by Gasteiger charge is 2.27. The number of ether oxygens (including phenoxy) is 2. The van der Waals surface area contributed by atoms with Gasteiger partial charge in [-0.15, -0.1) is 0 Å². The van der Waals surface area contributed by atoms with Crippen LogP contribution in [0.4, 0.5) is 10.1 Å². The molecule has 0 fully saturated rings. The average molecular weight is 580 g/mol. The molecule has 212 valence electrons. The van der Waals surface area contributed by atoms with E-state index in [1.54, 1.807) is 31.4 Å². The lowest BCUT2D eigenvalue weighted by atomic mass is 10.1. The number of nitrogens with zero attached hydrogens (tertiary/aromatic N) is 3. The third-order valence-corrected chi connectivity index (χ3v) is 7.99. The lowest BCUT2D eigenvalue weighted by molar-refractivity contribution is 0.0695. The molecule has 0 saturated carbocycles. The van der Waals surface area contributed by atoms with E-state index in [1.165, 1.54) is 30.1 Å². The number of anilines is 1. The molecule has 0 amide bonds. The second-order valence-corrected chi connectivity index (χ2v) is 11.4. The Morgan fingerprint density at radius 1 is 1.12 bits per heavy atom. The van der Waals surface area contributed by atoms with Gasteiger partial charge in [0.1, 0.15) is 23.7 Å². The van der Waals surface area contributed by atoms with E-state index in [-0.39, 0.29) is 47.0 Å². The Hall–Kier alpha value is -4.84. The van der Waals surface area contributed by atoms with Crippen molar-refractivity contribution >= 4 is 43.4 Å². The van der Waals surface area contributed by atoms with E-state index < -0.39 is 21.8 Å². The van der Waals surface area contributed by atoms with Crippen LogP contribution in [0.2, 0.25) is 0 Å². The summed E-state index contributed by atoms with van der Waals surface area (Å²) in [6.45, 7) is -0.0517. The summed E-state index contributed by atoms with van der Waals surface area (Å²) in [4.78, 5) is 16.3. The highest BCUT2D eigenvalue weighted by molar-refractivity contribution is 7.92. The van der Waals surface area contributed by atoms with Crippen molar-refractivity contribution < 1.29 is 37.3 Å². The number of aromatic carboxylic acids is 1. The summed E-state index contributed by atoms with van der Waals surface area (Å²) >= 11 is 0. The van der Waals surface area contributed by atoms with E-state index in [9.17, 15) is 27.8 Å². The summed E-state index contributed by atoms with van der Waals surface area (Å²) in [5.74, 6) is -1.46. The molecule has 2 heterocycles. The SMILES string of the molecule is COc1ccc(COc2c3ncccc3c(N(C)S(C)(=O)=O)c3cn(Cc4ccc(F)cc4C(=O)O)c(O)c23)cc1. The van der Waals surface area contributed by atoms with Gasteiger partial charge in [-0.25, -0.2) is 17.6 Å². The molecule has 0 atom stereocenters. The number of pyridine rings is 1. The van der Waals surface area contributed by atoms with Crippen LogP contribution in [0.3, 0.4) is 0 Å². The second-order valence-electron chi connectivity index (χ2n) is 9.42. The molecule has 10 nitrogen and oxygen atoms in total. The highest BCUT2D eigenvalue weighted by atomic mass is 32.2. The Balaban J connectivity index is 1.74. The van der Waals surface area contributed by atoms with Crippen LogP contribution in [0.25, 0.3) is 21.7 Å². The van der Waals surface area contributed by atoms with Crippen LogP contribution in [0.15, 0.2) is 67.0 Å². The van der Waals surface area contributed by atoms with Gasteiger partial charge in [0, 0.05) is 30.2 Å². The molecule has 3 aromatic carbocycles. The summed E-state index contributed by atoms with van der Waals surface area (Å²) in [6, 6.07) is 13.9. The van der Waals surface area contributed by atoms with Crippen molar-refractivity contribution in [1.82, 2.24) is 9.55 Å². The van der Waals surface area contributed by atoms with Gasteiger partial charge in [-0.05, 0) is 47.5 Å². The number of rotatable bonds is 9. The topological polar surface area (TPSA) is 131 Å². The molecule has 0 aliphatic carbocycles. The van der Waals surface area contributed by atoms with Crippen LogP contribution in [-0.2, 0) is 23.2 Å². The molecule has 2 N–H and O–H groups in total. The fourth-order valence-electron chi connectivity index (χ4n) is 4.70. The minimum Gasteiger partial charge on any atom is -0.497 e. The van der Waals surface area contributed by atoms with Gasteiger partial charge >= 0.3 is 5.97 Å². The van der Waals surface area contributed by atoms with Crippen molar-refractivity contribution in [2.75, 3.05) is 24.7 Å². The zero-order valence-corrected chi connectivity index (χ0v) is 23.1. The second kappa shape index (κ2) is 10.6. The zero-order chi connectivity index (χ0) is 29.5. The lowest BCUT2D eigenvalue weighted by Crippen LogP contribution is -2.25. The van der Waals surface area contributed by atoms with Gasteiger partial charge in [-0.1, -0.05) is 18.2 Å².